The third-order valence-electron chi connectivity index (χ3n) is 2.80. The Labute approximate surface area is 75.5 Å². The van der Waals surface area contributed by atoms with E-state index in [9.17, 15) is 4.79 Å². The third kappa shape index (κ3) is 2.96. The van der Waals surface area contributed by atoms with Gasteiger partial charge in [0, 0.05) is 5.41 Å². The molecular weight excluding hydrogens is 148 g/mol. The predicted octanol–water partition coefficient (Wildman–Crippen LogP) is 3.09. The van der Waals surface area contributed by atoms with Gasteiger partial charge in [-0.1, -0.05) is 46.0 Å². The summed E-state index contributed by atoms with van der Waals surface area (Å²) in [5, 5.41) is 0. The first kappa shape index (κ1) is 9.76. The van der Waals surface area contributed by atoms with E-state index in [2.05, 4.69) is 6.29 Å². The van der Waals surface area contributed by atoms with Gasteiger partial charge in [0.2, 0.25) is 6.29 Å². The summed E-state index contributed by atoms with van der Waals surface area (Å²) in [6, 6.07) is 0. The molecule has 0 saturated heterocycles. The van der Waals surface area contributed by atoms with Crippen LogP contribution in [0.4, 0.5) is 0 Å². The van der Waals surface area contributed by atoms with Crippen molar-refractivity contribution in [1.29, 1.82) is 0 Å². The van der Waals surface area contributed by atoms with Crippen LogP contribution in [-0.2, 0) is 4.79 Å². The number of hydrogen-bond acceptors (Lipinski definition) is 1. The Bertz CT molecular complexity index is 143. The quantitative estimate of drug-likeness (QED) is 0.631. The molecule has 0 amide bonds. The first-order valence-electron chi connectivity index (χ1n) is 5.03. The van der Waals surface area contributed by atoms with E-state index in [1.165, 1.54) is 32.1 Å². The SMILES string of the molecule is CC(C)([C]=O)CC1CCCCC1. The predicted molar refractivity (Wildman–Crippen MR) is 50.7 cm³/mol. The molecule has 0 aromatic heterocycles. The highest BCUT2D eigenvalue weighted by Crippen LogP contribution is 2.33. The minimum absolute atomic E-state index is 0.206. The fourth-order valence-electron chi connectivity index (χ4n) is 2.15. The molecule has 12 heavy (non-hydrogen) atoms. The van der Waals surface area contributed by atoms with Gasteiger partial charge in [0.1, 0.15) is 0 Å². The van der Waals surface area contributed by atoms with Crippen molar-refractivity contribution in [1.82, 2.24) is 0 Å². The van der Waals surface area contributed by atoms with Gasteiger partial charge in [-0.2, -0.15) is 0 Å². The molecule has 1 saturated carbocycles. The summed E-state index contributed by atoms with van der Waals surface area (Å²) in [4.78, 5) is 10.6. The zero-order valence-electron chi connectivity index (χ0n) is 8.23. The molecule has 1 aliphatic carbocycles. The molecule has 0 spiro atoms. The third-order valence-corrected chi connectivity index (χ3v) is 2.80. The van der Waals surface area contributed by atoms with Crippen molar-refractivity contribution in [2.24, 2.45) is 11.3 Å². The van der Waals surface area contributed by atoms with Gasteiger partial charge >= 0.3 is 0 Å². The fourth-order valence-corrected chi connectivity index (χ4v) is 2.15. The van der Waals surface area contributed by atoms with E-state index in [0.717, 1.165) is 12.3 Å². The molecule has 1 nitrogen and oxygen atoms in total. The van der Waals surface area contributed by atoms with Gasteiger partial charge in [0.05, 0.1) is 0 Å². The summed E-state index contributed by atoms with van der Waals surface area (Å²) in [7, 11) is 0. The Morgan fingerprint density at radius 1 is 1.25 bits per heavy atom. The van der Waals surface area contributed by atoms with Crippen LogP contribution in [0.5, 0.6) is 0 Å². The lowest BCUT2D eigenvalue weighted by Gasteiger charge is -2.27. The summed E-state index contributed by atoms with van der Waals surface area (Å²) in [6.07, 6.45) is 9.94. The Morgan fingerprint density at radius 2 is 1.83 bits per heavy atom. The Hall–Kier alpha value is -0.330. The first-order chi connectivity index (χ1) is 5.64. The van der Waals surface area contributed by atoms with E-state index in [1.807, 2.05) is 13.8 Å². The van der Waals surface area contributed by atoms with Crippen LogP contribution in [-0.4, -0.2) is 6.29 Å². The van der Waals surface area contributed by atoms with Gasteiger partial charge in [-0.05, 0) is 12.3 Å². The molecule has 1 rings (SSSR count). The van der Waals surface area contributed by atoms with Crippen molar-refractivity contribution in [3.05, 3.63) is 0 Å². The fraction of sp³-hybridized carbons (Fsp3) is 0.909. The molecule has 0 aromatic carbocycles. The first-order valence-corrected chi connectivity index (χ1v) is 5.03. The second-order valence-corrected chi connectivity index (χ2v) is 4.69. The molecular formula is C11H19O. The molecule has 1 aliphatic rings. The average molecular weight is 167 g/mol. The average Bonchev–Trinajstić information content (AvgIpc) is 2.06. The highest BCUT2D eigenvalue weighted by molar-refractivity contribution is 5.58. The molecule has 1 fully saturated rings. The highest BCUT2D eigenvalue weighted by Gasteiger charge is 2.24. The van der Waals surface area contributed by atoms with Crippen molar-refractivity contribution in [3.63, 3.8) is 0 Å². The summed E-state index contributed by atoms with van der Waals surface area (Å²) >= 11 is 0. The molecule has 0 N–H and O–H groups in total. The maximum Gasteiger partial charge on any atom is 0.204 e. The number of hydrogen-bond donors (Lipinski definition) is 0. The van der Waals surface area contributed by atoms with Crippen LogP contribution in [0.25, 0.3) is 0 Å². The van der Waals surface area contributed by atoms with E-state index < -0.39 is 0 Å². The highest BCUT2D eigenvalue weighted by atomic mass is 16.1. The molecule has 0 unspecified atom stereocenters. The number of carbonyl (C=O) groups excluding carboxylic acids is 1. The van der Waals surface area contributed by atoms with Gasteiger partial charge in [-0.3, -0.25) is 4.79 Å². The van der Waals surface area contributed by atoms with E-state index in [0.29, 0.717) is 0 Å². The van der Waals surface area contributed by atoms with Crippen LogP contribution in [0.3, 0.4) is 0 Å². The van der Waals surface area contributed by atoms with Crippen LogP contribution >= 0.6 is 0 Å². The summed E-state index contributed by atoms with van der Waals surface area (Å²) in [5.74, 6) is 0.787. The lowest BCUT2D eigenvalue weighted by Crippen LogP contribution is -2.20. The molecule has 0 aromatic rings. The molecule has 69 valence electrons. The lowest BCUT2D eigenvalue weighted by atomic mass is 9.77. The van der Waals surface area contributed by atoms with E-state index >= 15 is 0 Å². The topological polar surface area (TPSA) is 17.1 Å². The van der Waals surface area contributed by atoms with Crippen molar-refractivity contribution in [3.8, 4) is 0 Å². The van der Waals surface area contributed by atoms with Crippen molar-refractivity contribution < 1.29 is 4.79 Å². The molecule has 1 radical (unpaired) electrons. The smallest absolute Gasteiger partial charge is 0.204 e. The van der Waals surface area contributed by atoms with E-state index in [-0.39, 0.29) is 5.41 Å². The summed E-state index contributed by atoms with van der Waals surface area (Å²) in [6.45, 7) is 3.99. The van der Waals surface area contributed by atoms with E-state index in [1.54, 1.807) is 0 Å². The molecule has 0 heterocycles. The van der Waals surface area contributed by atoms with Crippen molar-refractivity contribution >= 4 is 6.29 Å². The van der Waals surface area contributed by atoms with Crippen LogP contribution in [0, 0.1) is 11.3 Å². The van der Waals surface area contributed by atoms with Gasteiger partial charge in [-0.15, -0.1) is 0 Å². The van der Waals surface area contributed by atoms with E-state index in [4.69, 9.17) is 0 Å². The minimum atomic E-state index is -0.206. The molecule has 0 aliphatic heterocycles. The maximum atomic E-state index is 10.6. The van der Waals surface area contributed by atoms with Gasteiger partial charge in [-0.25, -0.2) is 0 Å². The maximum absolute atomic E-state index is 10.6. The van der Waals surface area contributed by atoms with Gasteiger partial charge in [0.25, 0.3) is 0 Å². The molecule has 0 bridgehead atoms. The molecule has 0 atom stereocenters. The van der Waals surface area contributed by atoms with Crippen molar-refractivity contribution in [2.45, 2.75) is 52.4 Å². The van der Waals surface area contributed by atoms with Crippen LogP contribution < -0.4 is 0 Å². The summed E-state index contributed by atoms with van der Waals surface area (Å²) < 4.78 is 0. The Balaban J connectivity index is 2.33. The van der Waals surface area contributed by atoms with Gasteiger partial charge in [0.15, 0.2) is 0 Å². The molecule has 1 heteroatoms. The Morgan fingerprint density at radius 3 is 2.33 bits per heavy atom. The Kier molecular flexibility index (Phi) is 3.30. The lowest BCUT2D eigenvalue weighted by molar-refractivity contribution is 0.270. The van der Waals surface area contributed by atoms with Crippen molar-refractivity contribution in [2.75, 3.05) is 0 Å². The number of rotatable bonds is 3. The minimum Gasteiger partial charge on any atom is -0.290 e. The second kappa shape index (κ2) is 4.06. The van der Waals surface area contributed by atoms with Gasteiger partial charge < -0.3 is 0 Å². The zero-order valence-corrected chi connectivity index (χ0v) is 8.23. The van der Waals surface area contributed by atoms with Crippen LogP contribution in [0.1, 0.15) is 52.4 Å². The van der Waals surface area contributed by atoms with Crippen LogP contribution in [0.15, 0.2) is 0 Å². The zero-order chi connectivity index (χ0) is 9.03. The second-order valence-electron chi connectivity index (χ2n) is 4.69. The normalized spacial score (nSPS) is 20.8. The summed E-state index contributed by atoms with van der Waals surface area (Å²) in [5.41, 5.74) is -0.206. The monoisotopic (exact) mass is 167 g/mol. The largest absolute Gasteiger partial charge is 0.290 e. The van der Waals surface area contributed by atoms with Crippen LogP contribution in [0.2, 0.25) is 0 Å². The standard InChI is InChI=1S/C11H19O/c1-11(2,9-12)8-10-6-4-3-5-7-10/h10H,3-8H2,1-2H3.